The van der Waals surface area contributed by atoms with Crippen LogP contribution >= 0.6 is 11.3 Å². The number of likely N-dealkylation sites (tertiary alicyclic amines) is 1. The number of para-hydroxylation sites is 1. The molecule has 2 aliphatic rings. The second kappa shape index (κ2) is 5.84. The highest BCUT2D eigenvalue weighted by molar-refractivity contribution is 7.18. The number of allylic oxidation sites excluding steroid dienone is 2. The lowest BCUT2D eigenvalue weighted by Gasteiger charge is -2.24. The Morgan fingerprint density at radius 2 is 2.23 bits per heavy atom. The lowest BCUT2D eigenvalue weighted by atomic mass is 10.0. The Morgan fingerprint density at radius 3 is 3.05 bits per heavy atom. The van der Waals surface area contributed by atoms with E-state index in [-0.39, 0.29) is 6.04 Å². The summed E-state index contributed by atoms with van der Waals surface area (Å²) in [4.78, 5) is 19.5. The third-order valence-electron chi connectivity index (χ3n) is 4.72. The quantitative estimate of drug-likeness (QED) is 0.791. The zero-order valence-electron chi connectivity index (χ0n) is 12.6. The molecule has 2 aromatic rings. The van der Waals surface area contributed by atoms with Crippen molar-refractivity contribution in [1.29, 1.82) is 0 Å². The van der Waals surface area contributed by atoms with Crippen molar-refractivity contribution in [2.75, 3.05) is 6.54 Å². The van der Waals surface area contributed by atoms with Gasteiger partial charge in [-0.3, -0.25) is 4.79 Å². The van der Waals surface area contributed by atoms with Crippen molar-refractivity contribution >= 4 is 27.5 Å². The molecule has 4 rings (SSSR count). The van der Waals surface area contributed by atoms with Gasteiger partial charge in [-0.25, -0.2) is 4.98 Å². The average molecular weight is 312 g/mol. The van der Waals surface area contributed by atoms with Gasteiger partial charge >= 0.3 is 0 Å². The Hall–Kier alpha value is -1.68. The van der Waals surface area contributed by atoms with Crippen molar-refractivity contribution in [2.45, 2.75) is 38.1 Å². The molecule has 3 nitrogen and oxygen atoms in total. The molecule has 1 aromatic carbocycles. The van der Waals surface area contributed by atoms with Crippen molar-refractivity contribution in [1.82, 2.24) is 9.88 Å². The number of rotatable bonds is 3. The monoisotopic (exact) mass is 312 g/mol. The molecule has 1 aliphatic carbocycles. The van der Waals surface area contributed by atoms with Crippen LogP contribution < -0.4 is 0 Å². The van der Waals surface area contributed by atoms with Gasteiger partial charge in [0.2, 0.25) is 5.91 Å². The Bertz CT molecular complexity index is 688. The zero-order chi connectivity index (χ0) is 14.9. The fourth-order valence-corrected chi connectivity index (χ4v) is 4.68. The Labute approximate surface area is 134 Å². The van der Waals surface area contributed by atoms with E-state index in [0.717, 1.165) is 42.8 Å². The minimum absolute atomic E-state index is 0.190. The Morgan fingerprint density at radius 1 is 1.32 bits per heavy atom. The molecule has 1 aliphatic heterocycles. The van der Waals surface area contributed by atoms with Crippen LogP contribution in [0.5, 0.6) is 0 Å². The van der Waals surface area contributed by atoms with Crippen LogP contribution in [0.3, 0.4) is 0 Å². The van der Waals surface area contributed by atoms with E-state index in [1.54, 1.807) is 11.3 Å². The van der Waals surface area contributed by atoms with Crippen molar-refractivity contribution in [3.05, 3.63) is 41.4 Å². The van der Waals surface area contributed by atoms with E-state index in [1.807, 2.05) is 12.1 Å². The molecule has 4 heteroatoms. The largest absolute Gasteiger partial charge is 0.333 e. The first kappa shape index (κ1) is 13.9. The third kappa shape index (κ3) is 2.56. The molecule has 0 unspecified atom stereocenters. The third-order valence-corrected chi connectivity index (χ3v) is 5.86. The summed E-state index contributed by atoms with van der Waals surface area (Å²) in [6.45, 7) is 0.885. The molecule has 2 heterocycles. The number of hydrogen-bond donors (Lipinski definition) is 0. The van der Waals surface area contributed by atoms with Crippen molar-refractivity contribution < 1.29 is 4.79 Å². The van der Waals surface area contributed by atoms with E-state index < -0.39 is 0 Å². The molecule has 0 bridgehead atoms. The summed E-state index contributed by atoms with van der Waals surface area (Å²) in [5, 5.41) is 1.11. The first-order chi connectivity index (χ1) is 10.8. The van der Waals surface area contributed by atoms with Crippen molar-refractivity contribution in [2.24, 2.45) is 5.92 Å². The lowest BCUT2D eigenvalue weighted by molar-refractivity contribution is -0.132. The van der Waals surface area contributed by atoms with Gasteiger partial charge in [-0.05, 0) is 43.7 Å². The predicted octanol–water partition coefficient (Wildman–Crippen LogP) is 4.32. The molecule has 1 amide bonds. The van der Waals surface area contributed by atoms with E-state index >= 15 is 0 Å². The predicted molar refractivity (Wildman–Crippen MR) is 89.8 cm³/mol. The molecule has 0 saturated carbocycles. The normalized spacial score (nSPS) is 24.5. The summed E-state index contributed by atoms with van der Waals surface area (Å²) in [5.41, 5.74) is 1.06. The van der Waals surface area contributed by atoms with Gasteiger partial charge < -0.3 is 4.90 Å². The zero-order valence-corrected chi connectivity index (χ0v) is 13.4. The standard InChI is InChI=1S/C18H20N2OS/c21-17(12-13-6-1-2-7-13)20-11-5-9-15(20)18-19-14-8-3-4-10-16(14)22-18/h1,3-4,6,8,10,13,15H,2,5,7,9,11-12H2/t13-,15+/m0/s1. The summed E-state index contributed by atoms with van der Waals surface area (Å²) in [5.74, 6) is 0.752. The lowest BCUT2D eigenvalue weighted by Crippen LogP contribution is -2.31. The van der Waals surface area contributed by atoms with E-state index in [4.69, 9.17) is 4.98 Å². The van der Waals surface area contributed by atoms with Gasteiger partial charge in [0.05, 0.1) is 16.3 Å². The van der Waals surface area contributed by atoms with Crippen LogP contribution in [0.2, 0.25) is 0 Å². The number of nitrogens with zero attached hydrogens (tertiary/aromatic N) is 2. The van der Waals surface area contributed by atoms with E-state index in [2.05, 4.69) is 29.2 Å². The van der Waals surface area contributed by atoms with Gasteiger partial charge in [0, 0.05) is 13.0 Å². The fraction of sp³-hybridized carbons (Fsp3) is 0.444. The van der Waals surface area contributed by atoms with Gasteiger partial charge in [0.15, 0.2) is 0 Å². The van der Waals surface area contributed by atoms with Gasteiger partial charge in [-0.2, -0.15) is 0 Å². The molecular formula is C18H20N2OS. The highest BCUT2D eigenvalue weighted by Crippen LogP contribution is 2.37. The number of hydrogen-bond acceptors (Lipinski definition) is 3. The maximum Gasteiger partial charge on any atom is 0.223 e. The number of thiazole rings is 1. The highest BCUT2D eigenvalue weighted by atomic mass is 32.1. The van der Waals surface area contributed by atoms with Gasteiger partial charge in [-0.1, -0.05) is 24.3 Å². The first-order valence-corrected chi connectivity index (χ1v) is 8.94. The summed E-state index contributed by atoms with van der Waals surface area (Å²) in [6.07, 6.45) is 9.47. The van der Waals surface area contributed by atoms with Crippen LogP contribution in [0.4, 0.5) is 0 Å². The minimum Gasteiger partial charge on any atom is -0.333 e. The van der Waals surface area contributed by atoms with Crippen molar-refractivity contribution in [3.63, 3.8) is 0 Å². The number of benzene rings is 1. The molecule has 0 radical (unpaired) electrons. The molecule has 1 fully saturated rings. The van der Waals surface area contributed by atoms with E-state index in [0.29, 0.717) is 18.2 Å². The number of fused-ring (bicyclic) bond motifs is 1. The molecule has 114 valence electrons. The van der Waals surface area contributed by atoms with Crippen LogP contribution in [-0.4, -0.2) is 22.3 Å². The summed E-state index contributed by atoms with van der Waals surface area (Å²) in [7, 11) is 0. The topological polar surface area (TPSA) is 33.2 Å². The maximum atomic E-state index is 12.7. The minimum atomic E-state index is 0.190. The molecule has 2 atom stereocenters. The van der Waals surface area contributed by atoms with E-state index in [9.17, 15) is 4.79 Å². The fourth-order valence-electron chi connectivity index (χ4n) is 3.56. The number of carbonyl (C=O) groups is 1. The smallest absolute Gasteiger partial charge is 0.223 e. The van der Waals surface area contributed by atoms with Crippen LogP contribution in [0, 0.1) is 5.92 Å². The number of aromatic nitrogens is 1. The Kier molecular flexibility index (Phi) is 3.70. The average Bonchev–Trinajstić information content (AvgIpc) is 3.26. The van der Waals surface area contributed by atoms with Crippen LogP contribution in [0.1, 0.15) is 43.2 Å². The van der Waals surface area contributed by atoms with Crippen molar-refractivity contribution in [3.8, 4) is 0 Å². The molecular weight excluding hydrogens is 292 g/mol. The first-order valence-electron chi connectivity index (χ1n) is 8.13. The molecule has 22 heavy (non-hydrogen) atoms. The van der Waals surface area contributed by atoms with Gasteiger partial charge in [0.1, 0.15) is 5.01 Å². The SMILES string of the molecule is O=C(C[C@H]1C=CCC1)N1CCC[C@@H]1c1nc2ccccc2s1. The van der Waals surface area contributed by atoms with E-state index in [1.165, 1.54) is 4.70 Å². The maximum absolute atomic E-state index is 12.7. The molecule has 1 saturated heterocycles. The van der Waals surface area contributed by atoms with Crippen LogP contribution in [0.15, 0.2) is 36.4 Å². The number of carbonyl (C=O) groups excluding carboxylic acids is 1. The highest BCUT2D eigenvalue weighted by Gasteiger charge is 2.32. The van der Waals surface area contributed by atoms with Crippen LogP contribution in [0.25, 0.3) is 10.2 Å². The summed E-state index contributed by atoms with van der Waals surface area (Å²) in [6, 6.07) is 8.43. The molecule has 0 spiro atoms. The van der Waals surface area contributed by atoms with Gasteiger partial charge in [0.25, 0.3) is 0 Å². The summed E-state index contributed by atoms with van der Waals surface area (Å²) >= 11 is 1.74. The molecule has 1 aromatic heterocycles. The Balaban J connectivity index is 1.54. The second-order valence-electron chi connectivity index (χ2n) is 6.23. The summed E-state index contributed by atoms with van der Waals surface area (Å²) < 4.78 is 1.22. The number of amides is 1. The molecule has 0 N–H and O–H groups in total. The second-order valence-corrected chi connectivity index (χ2v) is 7.30. The van der Waals surface area contributed by atoms with Gasteiger partial charge in [-0.15, -0.1) is 11.3 Å². The van der Waals surface area contributed by atoms with Crippen LogP contribution in [-0.2, 0) is 4.79 Å².